The van der Waals surface area contributed by atoms with Crippen molar-refractivity contribution in [3.8, 4) is 0 Å². The minimum atomic E-state index is -0.460. The molecule has 0 heterocycles. The third-order valence-electron chi connectivity index (χ3n) is 2.28. The molecule has 1 fully saturated rings. The van der Waals surface area contributed by atoms with E-state index < -0.39 is 5.54 Å². The lowest BCUT2D eigenvalue weighted by Gasteiger charge is -2.31. The van der Waals surface area contributed by atoms with Gasteiger partial charge in [-0.15, -0.1) is 0 Å². The van der Waals surface area contributed by atoms with Gasteiger partial charge in [-0.3, -0.25) is 5.41 Å². The van der Waals surface area contributed by atoms with Crippen molar-refractivity contribution in [1.29, 1.82) is 5.41 Å². The first-order valence-electron chi connectivity index (χ1n) is 3.78. The summed E-state index contributed by atoms with van der Waals surface area (Å²) in [4.78, 5) is 0. The summed E-state index contributed by atoms with van der Waals surface area (Å²) in [6, 6.07) is 0. The topological polar surface area (TPSA) is 75.9 Å². The third-order valence-corrected chi connectivity index (χ3v) is 2.28. The first-order valence-corrected chi connectivity index (χ1v) is 3.78. The highest BCUT2D eigenvalue weighted by Gasteiger charge is 2.30. The molecule has 10 heavy (non-hydrogen) atoms. The Bertz CT molecular complexity index is 136. The van der Waals surface area contributed by atoms with Gasteiger partial charge in [-0.2, -0.15) is 0 Å². The molecule has 0 unspecified atom stereocenters. The molecule has 0 aromatic carbocycles. The van der Waals surface area contributed by atoms with Crippen molar-refractivity contribution in [3.63, 3.8) is 0 Å². The largest absolute Gasteiger partial charge is 0.386 e. The molecule has 1 saturated carbocycles. The van der Waals surface area contributed by atoms with Gasteiger partial charge in [-0.25, -0.2) is 0 Å². The van der Waals surface area contributed by atoms with Crippen LogP contribution in [0.4, 0.5) is 0 Å². The Morgan fingerprint density at radius 2 is 1.70 bits per heavy atom. The molecule has 0 radical (unpaired) electrons. The van der Waals surface area contributed by atoms with Crippen molar-refractivity contribution in [3.05, 3.63) is 0 Å². The normalized spacial score (nSPS) is 24.1. The van der Waals surface area contributed by atoms with E-state index in [2.05, 4.69) is 0 Å². The van der Waals surface area contributed by atoms with Crippen LogP contribution in [-0.4, -0.2) is 11.4 Å². The number of amidine groups is 1. The Morgan fingerprint density at radius 3 is 2.00 bits per heavy atom. The van der Waals surface area contributed by atoms with Crippen molar-refractivity contribution >= 4 is 5.84 Å². The molecule has 1 rings (SSSR count). The zero-order valence-electron chi connectivity index (χ0n) is 6.19. The molecule has 0 amide bonds. The number of rotatable bonds is 1. The van der Waals surface area contributed by atoms with Crippen molar-refractivity contribution in [2.24, 2.45) is 11.5 Å². The fourth-order valence-electron chi connectivity index (χ4n) is 1.45. The number of nitrogens with two attached hydrogens (primary N) is 2. The molecule has 5 N–H and O–H groups in total. The maximum atomic E-state index is 7.24. The van der Waals surface area contributed by atoms with Crippen LogP contribution in [-0.2, 0) is 0 Å². The highest BCUT2D eigenvalue weighted by molar-refractivity contribution is 5.87. The third kappa shape index (κ3) is 1.29. The number of hydrogen-bond donors (Lipinski definition) is 3. The zero-order chi connectivity index (χ0) is 7.61. The van der Waals surface area contributed by atoms with Crippen LogP contribution in [0.15, 0.2) is 0 Å². The van der Waals surface area contributed by atoms with Gasteiger partial charge in [0.25, 0.3) is 0 Å². The second kappa shape index (κ2) is 2.58. The highest BCUT2D eigenvalue weighted by atomic mass is 14.9. The average molecular weight is 141 g/mol. The molecule has 58 valence electrons. The summed E-state index contributed by atoms with van der Waals surface area (Å²) in [5.74, 6) is 0.159. The molecule has 0 atom stereocenters. The summed E-state index contributed by atoms with van der Waals surface area (Å²) in [7, 11) is 0. The SMILES string of the molecule is N=C(N)C1(N)CCCCC1. The van der Waals surface area contributed by atoms with Crippen molar-refractivity contribution < 1.29 is 0 Å². The monoisotopic (exact) mass is 141 g/mol. The molecular formula is C7H15N3. The molecule has 0 bridgehead atoms. The van der Waals surface area contributed by atoms with Crippen molar-refractivity contribution in [2.45, 2.75) is 37.6 Å². The minimum Gasteiger partial charge on any atom is -0.386 e. The Labute approximate surface area is 61.3 Å². The molecule has 1 aliphatic rings. The summed E-state index contributed by atoms with van der Waals surface area (Å²) in [5.41, 5.74) is 10.8. The molecule has 3 nitrogen and oxygen atoms in total. The first-order chi connectivity index (χ1) is 4.65. The average Bonchev–Trinajstić information content (AvgIpc) is 1.89. The van der Waals surface area contributed by atoms with Crippen molar-refractivity contribution in [2.75, 3.05) is 0 Å². The predicted molar refractivity (Wildman–Crippen MR) is 41.9 cm³/mol. The van der Waals surface area contributed by atoms with E-state index in [0.29, 0.717) is 0 Å². The molecule has 0 aromatic rings. The predicted octanol–water partition coefficient (Wildman–Crippen LogP) is 0.584. The first kappa shape index (κ1) is 7.54. The van der Waals surface area contributed by atoms with E-state index in [1.54, 1.807) is 0 Å². The second-order valence-corrected chi connectivity index (χ2v) is 3.13. The zero-order valence-corrected chi connectivity index (χ0v) is 6.19. The summed E-state index contributed by atoms with van der Waals surface area (Å²) in [6.07, 6.45) is 5.27. The smallest absolute Gasteiger partial charge is 0.111 e. The molecule has 3 heteroatoms. The van der Waals surface area contributed by atoms with Crippen LogP contribution >= 0.6 is 0 Å². The van der Waals surface area contributed by atoms with Crippen LogP contribution in [0.2, 0.25) is 0 Å². The van der Waals surface area contributed by atoms with Crippen LogP contribution in [0.5, 0.6) is 0 Å². The van der Waals surface area contributed by atoms with E-state index in [1.807, 2.05) is 0 Å². The second-order valence-electron chi connectivity index (χ2n) is 3.13. The van der Waals surface area contributed by atoms with Crippen LogP contribution in [0.3, 0.4) is 0 Å². The standard InChI is InChI=1S/C7H15N3/c8-6(9)7(10)4-2-1-3-5-7/h1-5,10H2,(H3,8,9). The van der Waals surface area contributed by atoms with Gasteiger partial charge in [0, 0.05) is 0 Å². The maximum absolute atomic E-state index is 7.24. The molecule has 0 saturated heterocycles. The lowest BCUT2D eigenvalue weighted by Crippen LogP contribution is -2.52. The van der Waals surface area contributed by atoms with E-state index in [4.69, 9.17) is 16.9 Å². The minimum absolute atomic E-state index is 0.159. The Balaban J connectivity index is 2.56. The lowest BCUT2D eigenvalue weighted by atomic mass is 9.82. The van der Waals surface area contributed by atoms with Gasteiger partial charge in [-0.1, -0.05) is 19.3 Å². The van der Waals surface area contributed by atoms with E-state index in [1.165, 1.54) is 6.42 Å². The van der Waals surface area contributed by atoms with Gasteiger partial charge >= 0.3 is 0 Å². The maximum Gasteiger partial charge on any atom is 0.111 e. The highest BCUT2D eigenvalue weighted by Crippen LogP contribution is 2.25. The Morgan fingerprint density at radius 1 is 1.20 bits per heavy atom. The summed E-state index contributed by atoms with van der Waals surface area (Å²) < 4.78 is 0. The molecule has 0 spiro atoms. The summed E-state index contributed by atoms with van der Waals surface area (Å²) >= 11 is 0. The molecular weight excluding hydrogens is 126 g/mol. The van der Waals surface area contributed by atoms with E-state index >= 15 is 0 Å². The van der Waals surface area contributed by atoms with Crippen LogP contribution in [0.25, 0.3) is 0 Å². The van der Waals surface area contributed by atoms with Crippen LogP contribution in [0, 0.1) is 5.41 Å². The van der Waals surface area contributed by atoms with Gasteiger partial charge in [-0.05, 0) is 12.8 Å². The van der Waals surface area contributed by atoms with Gasteiger partial charge in [0.05, 0.1) is 5.54 Å². The van der Waals surface area contributed by atoms with E-state index in [9.17, 15) is 0 Å². The summed E-state index contributed by atoms with van der Waals surface area (Å²) in [6.45, 7) is 0. The van der Waals surface area contributed by atoms with E-state index in [-0.39, 0.29) is 5.84 Å². The lowest BCUT2D eigenvalue weighted by molar-refractivity contribution is 0.377. The number of nitrogens with one attached hydrogen (secondary N) is 1. The summed E-state index contributed by atoms with van der Waals surface area (Å²) in [5, 5.41) is 7.24. The van der Waals surface area contributed by atoms with Crippen LogP contribution < -0.4 is 11.5 Å². The fraction of sp³-hybridized carbons (Fsp3) is 0.857. The molecule has 1 aliphatic carbocycles. The van der Waals surface area contributed by atoms with Gasteiger partial charge in [0.2, 0.25) is 0 Å². The Hall–Kier alpha value is -0.570. The number of hydrogen-bond acceptors (Lipinski definition) is 2. The van der Waals surface area contributed by atoms with E-state index in [0.717, 1.165) is 25.7 Å². The Kier molecular flexibility index (Phi) is 1.94. The van der Waals surface area contributed by atoms with Gasteiger partial charge < -0.3 is 11.5 Å². The van der Waals surface area contributed by atoms with Crippen LogP contribution in [0.1, 0.15) is 32.1 Å². The van der Waals surface area contributed by atoms with Gasteiger partial charge in [0.1, 0.15) is 5.84 Å². The fourth-order valence-corrected chi connectivity index (χ4v) is 1.45. The molecule has 0 aromatic heterocycles. The van der Waals surface area contributed by atoms with Crippen molar-refractivity contribution in [1.82, 2.24) is 0 Å². The molecule has 0 aliphatic heterocycles. The quantitative estimate of drug-likeness (QED) is 0.369. The van der Waals surface area contributed by atoms with Gasteiger partial charge in [0.15, 0.2) is 0 Å².